The molecule has 0 aliphatic heterocycles. The molecular formula is C24H24N4O4. The lowest BCUT2D eigenvalue weighted by Gasteiger charge is -2.24. The lowest BCUT2D eigenvalue weighted by atomic mass is 9.91. The highest BCUT2D eigenvalue weighted by atomic mass is 16.5. The lowest BCUT2D eigenvalue weighted by molar-refractivity contribution is -0.122. The number of para-hydroxylation sites is 1. The second kappa shape index (κ2) is 8.03. The maximum absolute atomic E-state index is 13.1. The van der Waals surface area contributed by atoms with E-state index in [-0.39, 0.29) is 18.5 Å². The molecule has 2 aromatic carbocycles. The molecule has 2 heterocycles. The van der Waals surface area contributed by atoms with Crippen molar-refractivity contribution in [1.29, 1.82) is 0 Å². The molecule has 4 aromatic rings. The maximum Gasteiger partial charge on any atom is 0.279 e. The van der Waals surface area contributed by atoms with Crippen molar-refractivity contribution in [3.63, 3.8) is 0 Å². The number of amides is 1. The molecule has 8 heteroatoms. The van der Waals surface area contributed by atoms with Crippen LogP contribution in [0.15, 0.2) is 47.4 Å². The molecule has 164 valence electrons. The molecule has 2 aromatic heterocycles. The molecule has 0 saturated carbocycles. The van der Waals surface area contributed by atoms with Gasteiger partial charge in [-0.3, -0.25) is 9.59 Å². The number of benzene rings is 2. The van der Waals surface area contributed by atoms with Crippen LogP contribution in [0.1, 0.15) is 30.1 Å². The second-order valence-corrected chi connectivity index (χ2v) is 7.95. The first-order valence-corrected chi connectivity index (χ1v) is 10.6. The number of H-pyrrole nitrogens is 1. The number of aromatic nitrogens is 3. The van der Waals surface area contributed by atoms with Gasteiger partial charge in [0, 0.05) is 22.0 Å². The van der Waals surface area contributed by atoms with Gasteiger partial charge in [0.05, 0.1) is 31.8 Å². The minimum absolute atomic E-state index is 0.121. The number of carbonyl (C=O) groups is 1. The molecule has 5 rings (SSSR count). The highest BCUT2D eigenvalue weighted by Gasteiger charge is 2.26. The van der Waals surface area contributed by atoms with Crippen LogP contribution in [0, 0.1) is 0 Å². The van der Waals surface area contributed by atoms with E-state index < -0.39 is 5.56 Å². The van der Waals surface area contributed by atoms with Crippen molar-refractivity contribution in [3.8, 4) is 11.5 Å². The van der Waals surface area contributed by atoms with E-state index in [0.717, 1.165) is 35.2 Å². The quantitative estimate of drug-likeness (QED) is 0.505. The molecule has 1 amide bonds. The fourth-order valence-electron chi connectivity index (χ4n) is 4.63. The number of aryl methyl sites for hydroxylation is 1. The van der Waals surface area contributed by atoms with Crippen LogP contribution < -0.4 is 20.3 Å². The summed E-state index contributed by atoms with van der Waals surface area (Å²) < 4.78 is 11.9. The first-order valence-electron chi connectivity index (χ1n) is 10.6. The molecule has 8 nitrogen and oxygen atoms in total. The Balaban J connectivity index is 1.43. The molecule has 2 N–H and O–H groups in total. The minimum atomic E-state index is -0.400. The Morgan fingerprint density at radius 2 is 2.06 bits per heavy atom. The van der Waals surface area contributed by atoms with Gasteiger partial charge in [0.2, 0.25) is 5.91 Å². The second-order valence-electron chi connectivity index (χ2n) is 7.95. The summed E-state index contributed by atoms with van der Waals surface area (Å²) in [5.41, 5.74) is 2.99. The van der Waals surface area contributed by atoms with E-state index in [1.165, 1.54) is 25.2 Å². The van der Waals surface area contributed by atoms with E-state index in [0.29, 0.717) is 22.3 Å². The number of nitrogens with one attached hydrogen (secondary N) is 2. The molecule has 0 fully saturated rings. The topological polar surface area (TPSA) is 98.2 Å². The van der Waals surface area contributed by atoms with Gasteiger partial charge in [0.25, 0.3) is 5.56 Å². The van der Waals surface area contributed by atoms with Crippen molar-refractivity contribution in [2.24, 2.45) is 0 Å². The van der Waals surface area contributed by atoms with Crippen molar-refractivity contribution in [1.82, 2.24) is 20.1 Å². The summed E-state index contributed by atoms with van der Waals surface area (Å²) in [5, 5.41) is 9.44. The fourth-order valence-corrected chi connectivity index (χ4v) is 4.63. The van der Waals surface area contributed by atoms with Crippen LogP contribution in [0.25, 0.3) is 21.7 Å². The molecular weight excluding hydrogens is 408 g/mol. The first kappa shape index (κ1) is 20.1. The van der Waals surface area contributed by atoms with Crippen molar-refractivity contribution >= 4 is 27.6 Å². The third-order valence-electron chi connectivity index (χ3n) is 6.11. The van der Waals surface area contributed by atoms with Crippen LogP contribution in [0.3, 0.4) is 0 Å². The largest absolute Gasteiger partial charge is 0.493 e. The number of carbonyl (C=O) groups excluding carboxylic acids is 1. The molecule has 0 spiro atoms. The summed E-state index contributed by atoms with van der Waals surface area (Å²) in [4.78, 5) is 29.5. The normalized spacial score (nSPS) is 15.5. The maximum atomic E-state index is 13.1. The predicted octanol–water partition coefficient (Wildman–Crippen LogP) is 3.09. The third-order valence-corrected chi connectivity index (χ3v) is 6.11. The molecule has 1 atom stereocenters. The molecule has 0 saturated heterocycles. The summed E-state index contributed by atoms with van der Waals surface area (Å²) in [6, 6.07) is 11.5. The lowest BCUT2D eigenvalue weighted by Crippen LogP contribution is -2.37. The van der Waals surface area contributed by atoms with Gasteiger partial charge in [-0.05, 0) is 43.0 Å². The fraction of sp³-hybridized carbons (Fsp3) is 0.292. The molecule has 1 aliphatic rings. The van der Waals surface area contributed by atoms with Crippen LogP contribution in [-0.4, -0.2) is 34.9 Å². The monoisotopic (exact) mass is 432 g/mol. The Bertz CT molecular complexity index is 1390. The van der Waals surface area contributed by atoms with E-state index in [2.05, 4.69) is 21.5 Å². The molecule has 0 radical (unpaired) electrons. The van der Waals surface area contributed by atoms with Crippen LogP contribution in [0.2, 0.25) is 0 Å². The number of hydrogen-bond donors (Lipinski definition) is 2. The van der Waals surface area contributed by atoms with Gasteiger partial charge in [-0.15, -0.1) is 0 Å². The number of fused-ring (bicyclic) bond motifs is 4. The van der Waals surface area contributed by atoms with Gasteiger partial charge in [-0.1, -0.05) is 18.2 Å². The van der Waals surface area contributed by atoms with Crippen molar-refractivity contribution in [2.75, 3.05) is 14.2 Å². The summed E-state index contributed by atoms with van der Waals surface area (Å²) in [5.74, 6) is 0.520. The van der Waals surface area contributed by atoms with E-state index in [9.17, 15) is 9.59 Å². The molecule has 32 heavy (non-hydrogen) atoms. The predicted molar refractivity (Wildman–Crippen MR) is 121 cm³/mol. The number of nitrogens with zero attached hydrogens (tertiary/aromatic N) is 2. The Labute approximate surface area is 184 Å². The zero-order valence-electron chi connectivity index (χ0n) is 18.0. The van der Waals surface area contributed by atoms with Gasteiger partial charge in [-0.2, -0.15) is 5.10 Å². The van der Waals surface area contributed by atoms with Crippen LogP contribution in [-0.2, 0) is 17.8 Å². The number of ether oxygens (including phenoxy) is 2. The number of hydrogen-bond acceptors (Lipinski definition) is 5. The average Bonchev–Trinajstić information content (AvgIpc) is 3.20. The third kappa shape index (κ3) is 3.28. The van der Waals surface area contributed by atoms with Gasteiger partial charge in [0.15, 0.2) is 11.5 Å². The average molecular weight is 432 g/mol. The Morgan fingerprint density at radius 1 is 1.22 bits per heavy atom. The SMILES string of the molecule is COc1ccc2cnn(CC(=O)N[C@@H]3CCCc4c3[nH]c3ccccc43)c(=O)c2c1OC. The standard InChI is InChI=1S/C24H24N4O4/c1-31-19-11-10-14-12-25-28(24(30)21(14)23(19)32-2)13-20(29)26-18-9-5-7-16-15-6-3-4-8-17(15)27-22(16)18/h3-4,6,8,10-12,18,27H,5,7,9,13H2,1-2H3,(H,26,29)/t18-/m1/s1. The summed E-state index contributed by atoms with van der Waals surface area (Å²) in [7, 11) is 2.99. The highest BCUT2D eigenvalue weighted by Crippen LogP contribution is 2.35. The van der Waals surface area contributed by atoms with Crippen molar-refractivity contribution < 1.29 is 14.3 Å². The van der Waals surface area contributed by atoms with Crippen LogP contribution in [0.5, 0.6) is 11.5 Å². The minimum Gasteiger partial charge on any atom is -0.493 e. The van der Waals surface area contributed by atoms with Crippen molar-refractivity contribution in [2.45, 2.75) is 31.8 Å². The van der Waals surface area contributed by atoms with E-state index in [4.69, 9.17) is 9.47 Å². The zero-order chi connectivity index (χ0) is 22.2. The highest BCUT2D eigenvalue weighted by molar-refractivity contribution is 5.90. The number of rotatable bonds is 5. The summed E-state index contributed by atoms with van der Waals surface area (Å²) in [6.45, 7) is -0.179. The molecule has 0 unspecified atom stereocenters. The summed E-state index contributed by atoms with van der Waals surface area (Å²) in [6.07, 6.45) is 4.38. The Hall–Kier alpha value is -3.81. The van der Waals surface area contributed by atoms with Gasteiger partial charge < -0.3 is 19.8 Å². The summed E-state index contributed by atoms with van der Waals surface area (Å²) >= 11 is 0. The molecule has 1 aliphatic carbocycles. The van der Waals surface area contributed by atoms with Crippen LogP contribution >= 0.6 is 0 Å². The first-order chi connectivity index (χ1) is 15.6. The smallest absolute Gasteiger partial charge is 0.279 e. The Kier molecular flexibility index (Phi) is 5.05. The Morgan fingerprint density at radius 3 is 2.88 bits per heavy atom. The van der Waals surface area contributed by atoms with Gasteiger partial charge in [-0.25, -0.2) is 4.68 Å². The zero-order valence-corrected chi connectivity index (χ0v) is 18.0. The van der Waals surface area contributed by atoms with E-state index in [1.54, 1.807) is 18.3 Å². The number of aromatic amines is 1. The van der Waals surface area contributed by atoms with E-state index >= 15 is 0 Å². The van der Waals surface area contributed by atoms with Gasteiger partial charge >= 0.3 is 0 Å². The van der Waals surface area contributed by atoms with Gasteiger partial charge in [0.1, 0.15) is 6.54 Å². The van der Waals surface area contributed by atoms with E-state index in [1.807, 2.05) is 18.2 Å². The van der Waals surface area contributed by atoms with Crippen molar-refractivity contribution in [3.05, 3.63) is 64.2 Å². The number of methoxy groups -OCH3 is 2. The molecule has 0 bridgehead atoms. The van der Waals surface area contributed by atoms with Crippen LogP contribution in [0.4, 0.5) is 0 Å².